The van der Waals surface area contributed by atoms with Gasteiger partial charge in [-0.15, -0.1) is 11.3 Å². The monoisotopic (exact) mass is 393 g/mol. The molecule has 3 heterocycles. The first kappa shape index (κ1) is 18.2. The molecule has 0 spiro atoms. The molecule has 1 aliphatic rings. The minimum absolute atomic E-state index is 0.154. The Kier molecular flexibility index (Phi) is 5.08. The largest absolute Gasteiger partial charge is 0.503 e. The van der Waals surface area contributed by atoms with Crippen LogP contribution in [-0.2, 0) is 11.3 Å². The van der Waals surface area contributed by atoms with Crippen LogP contribution in [0.3, 0.4) is 0 Å². The van der Waals surface area contributed by atoms with Crippen molar-refractivity contribution in [2.45, 2.75) is 19.0 Å². The number of aryl methyl sites for hydroxylation is 1. The molecular weight excluding hydrogens is 374 g/mol. The lowest BCUT2D eigenvalue weighted by atomic mass is 9.95. The van der Waals surface area contributed by atoms with Gasteiger partial charge in [-0.05, 0) is 23.4 Å². The van der Waals surface area contributed by atoms with Crippen LogP contribution in [0.2, 0.25) is 0 Å². The second kappa shape index (κ2) is 7.82. The fourth-order valence-electron chi connectivity index (χ4n) is 3.48. The van der Waals surface area contributed by atoms with Crippen LogP contribution in [-0.4, -0.2) is 37.8 Å². The summed E-state index contributed by atoms with van der Waals surface area (Å²) in [5.74, 6) is -1.25. The van der Waals surface area contributed by atoms with E-state index in [0.717, 1.165) is 5.56 Å². The molecular formula is C21H19N3O3S. The molecule has 0 saturated carbocycles. The zero-order valence-corrected chi connectivity index (χ0v) is 15.9. The van der Waals surface area contributed by atoms with Crippen molar-refractivity contribution in [1.29, 1.82) is 0 Å². The van der Waals surface area contributed by atoms with Crippen molar-refractivity contribution in [3.05, 3.63) is 88.3 Å². The third-order valence-electron chi connectivity index (χ3n) is 4.78. The van der Waals surface area contributed by atoms with E-state index in [0.29, 0.717) is 24.4 Å². The second-order valence-electron chi connectivity index (χ2n) is 6.53. The number of nitrogens with zero attached hydrogens (tertiary/aromatic N) is 3. The Morgan fingerprint density at radius 3 is 2.64 bits per heavy atom. The number of amides is 1. The molecule has 4 rings (SSSR count). The molecule has 1 aromatic carbocycles. The Labute approximate surface area is 166 Å². The fraction of sp³-hybridized carbons (Fsp3) is 0.190. The van der Waals surface area contributed by atoms with Crippen molar-refractivity contribution in [3.8, 4) is 0 Å². The summed E-state index contributed by atoms with van der Waals surface area (Å²) in [4.78, 5) is 32.0. The number of aliphatic hydroxyl groups is 1. The maximum absolute atomic E-state index is 13.1. The topological polar surface area (TPSA) is 75.4 Å². The van der Waals surface area contributed by atoms with Crippen molar-refractivity contribution in [1.82, 2.24) is 14.5 Å². The summed E-state index contributed by atoms with van der Waals surface area (Å²) in [7, 11) is 0. The van der Waals surface area contributed by atoms with E-state index in [1.165, 1.54) is 11.3 Å². The summed E-state index contributed by atoms with van der Waals surface area (Å²) in [6.07, 6.45) is 5.97. The maximum Gasteiger partial charge on any atom is 0.290 e. The predicted octanol–water partition coefficient (Wildman–Crippen LogP) is 3.61. The summed E-state index contributed by atoms with van der Waals surface area (Å²) in [5, 5.41) is 12.4. The van der Waals surface area contributed by atoms with Gasteiger partial charge in [0.2, 0.25) is 5.78 Å². The standard InChI is InChI=1S/C21H19N3O3S/c25-19(16-8-4-13-28-16)17-18(15-6-2-1-3-7-15)24(21(27)20(17)26)11-5-10-23-12-9-22-14-23/h1-4,6-9,12-14,18,26H,5,10-11H2/t18-/m0/s1. The van der Waals surface area contributed by atoms with E-state index in [1.54, 1.807) is 29.6 Å². The Morgan fingerprint density at radius 2 is 1.96 bits per heavy atom. The number of rotatable bonds is 7. The summed E-state index contributed by atoms with van der Waals surface area (Å²) in [6, 6.07) is 12.3. The van der Waals surface area contributed by atoms with Crippen LogP contribution in [0.1, 0.15) is 27.7 Å². The Hall–Kier alpha value is -3.19. The number of carbonyl (C=O) groups excluding carboxylic acids is 2. The summed E-state index contributed by atoms with van der Waals surface area (Å²) in [6.45, 7) is 1.11. The number of benzene rings is 1. The highest BCUT2D eigenvalue weighted by Crippen LogP contribution is 2.39. The van der Waals surface area contributed by atoms with E-state index in [-0.39, 0.29) is 11.4 Å². The number of hydrogen-bond donors (Lipinski definition) is 1. The molecule has 1 N–H and O–H groups in total. The zero-order valence-electron chi connectivity index (χ0n) is 15.1. The van der Waals surface area contributed by atoms with Gasteiger partial charge >= 0.3 is 0 Å². The lowest BCUT2D eigenvalue weighted by molar-refractivity contribution is -0.129. The number of carbonyl (C=O) groups is 2. The molecule has 3 aromatic rings. The Balaban J connectivity index is 1.64. The van der Waals surface area contributed by atoms with Crippen molar-refractivity contribution in [3.63, 3.8) is 0 Å². The lowest BCUT2D eigenvalue weighted by Crippen LogP contribution is -2.32. The Morgan fingerprint density at radius 1 is 1.14 bits per heavy atom. The van der Waals surface area contributed by atoms with Crippen LogP contribution in [0, 0.1) is 0 Å². The van der Waals surface area contributed by atoms with Gasteiger partial charge in [0.25, 0.3) is 5.91 Å². The van der Waals surface area contributed by atoms with Gasteiger partial charge in [-0.2, -0.15) is 0 Å². The second-order valence-corrected chi connectivity index (χ2v) is 7.48. The maximum atomic E-state index is 13.1. The lowest BCUT2D eigenvalue weighted by Gasteiger charge is -2.26. The minimum Gasteiger partial charge on any atom is -0.503 e. The van der Waals surface area contributed by atoms with Gasteiger partial charge in [0.15, 0.2) is 5.76 Å². The van der Waals surface area contributed by atoms with E-state index < -0.39 is 17.7 Å². The highest BCUT2D eigenvalue weighted by molar-refractivity contribution is 7.12. The molecule has 0 unspecified atom stereocenters. The van der Waals surface area contributed by atoms with E-state index in [2.05, 4.69) is 4.98 Å². The van der Waals surface area contributed by atoms with Crippen LogP contribution >= 0.6 is 11.3 Å². The van der Waals surface area contributed by atoms with Crippen LogP contribution in [0.5, 0.6) is 0 Å². The van der Waals surface area contributed by atoms with Gasteiger partial charge in [0, 0.05) is 25.5 Å². The predicted molar refractivity (Wildman–Crippen MR) is 106 cm³/mol. The fourth-order valence-corrected chi connectivity index (χ4v) is 4.16. The molecule has 1 aliphatic heterocycles. The summed E-state index contributed by atoms with van der Waals surface area (Å²) in [5.41, 5.74) is 0.962. The number of hydrogen-bond acceptors (Lipinski definition) is 5. The van der Waals surface area contributed by atoms with Gasteiger partial charge < -0.3 is 14.6 Å². The summed E-state index contributed by atoms with van der Waals surface area (Å²) >= 11 is 1.30. The normalized spacial score (nSPS) is 16.8. The molecule has 0 bridgehead atoms. The smallest absolute Gasteiger partial charge is 0.290 e. The number of Topliss-reactive ketones (excluding diaryl/α,β-unsaturated/α-hetero) is 1. The van der Waals surface area contributed by atoms with E-state index >= 15 is 0 Å². The van der Waals surface area contributed by atoms with Crippen LogP contribution in [0.15, 0.2) is 77.9 Å². The quantitative estimate of drug-likeness (QED) is 0.622. The molecule has 0 fully saturated rings. The number of ketones is 1. The zero-order chi connectivity index (χ0) is 19.5. The average molecular weight is 393 g/mol. The molecule has 28 heavy (non-hydrogen) atoms. The van der Waals surface area contributed by atoms with Crippen molar-refractivity contribution in [2.75, 3.05) is 6.54 Å². The van der Waals surface area contributed by atoms with Gasteiger partial charge in [0.05, 0.1) is 22.8 Å². The number of imidazole rings is 1. The average Bonchev–Trinajstić information content (AvgIpc) is 3.46. The first-order valence-electron chi connectivity index (χ1n) is 9.00. The van der Waals surface area contributed by atoms with Crippen LogP contribution in [0.25, 0.3) is 0 Å². The number of thiophene rings is 1. The van der Waals surface area contributed by atoms with Crippen molar-refractivity contribution in [2.24, 2.45) is 0 Å². The van der Waals surface area contributed by atoms with Gasteiger partial charge in [-0.25, -0.2) is 4.98 Å². The van der Waals surface area contributed by atoms with Crippen molar-refractivity contribution >= 4 is 23.0 Å². The SMILES string of the molecule is O=C(C1=C(O)C(=O)N(CCCn2ccnc2)[C@H]1c1ccccc1)c1cccs1. The molecule has 7 heteroatoms. The van der Waals surface area contributed by atoms with Gasteiger partial charge in [-0.1, -0.05) is 36.4 Å². The Bertz CT molecular complexity index is 995. The van der Waals surface area contributed by atoms with Crippen LogP contribution < -0.4 is 0 Å². The third-order valence-corrected chi connectivity index (χ3v) is 5.65. The highest BCUT2D eigenvalue weighted by atomic mass is 32.1. The van der Waals surface area contributed by atoms with Crippen LogP contribution in [0.4, 0.5) is 0 Å². The molecule has 6 nitrogen and oxygen atoms in total. The van der Waals surface area contributed by atoms with E-state index in [1.807, 2.05) is 46.5 Å². The van der Waals surface area contributed by atoms with E-state index in [4.69, 9.17) is 0 Å². The first-order valence-corrected chi connectivity index (χ1v) is 9.88. The van der Waals surface area contributed by atoms with E-state index in [9.17, 15) is 14.7 Å². The van der Waals surface area contributed by atoms with Crippen molar-refractivity contribution < 1.29 is 14.7 Å². The highest BCUT2D eigenvalue weighted by Gasteiger charge is 2.43. The molecule has 0 aliphatic carbocycles. The minimum atomic E-state index is -0.592. The molecule has 1 amide bonds. The molecule has 0 radical (unpaired) electrons. The van der Waals surface area contributed by atoms with Gasteiger partial charge in [0.1, 0.15) is 0 Å². The first-order chi connectivity index (χ1) is 13.7. The van der Waals surface area contributed by atoms with Gasteiger partial charge in [-0.3, -0.25) is 9.59 Å². The molecule has 142 valence electrons. The number of aliphatic hydroxyl groups excluding tert-OH is 1. The molecule has 1 atom stereocenters. The number of aromatic nitrogens is 2. The molecule has 2 aromatic heterocycles. The summed E-state index contributed by atoms with van der Waals surface area (Å²) < 4.78 is 1.93. The molecule has 0 saturated heterocycles. The third kappa shape index (κ3) is 3.36.